The summed E-state index contributed by atoms with van der Waals surface area (Å²) in [6.45, 7) is 0. The molecule has 76 valence electrons. The minimum atomic E-state index is -0.826. The minimum absolute atomic E-state index is 0. The van der Waals surface area contributed by atoms with Crippen LogP contribution < -0.4 is 5.73 Å². The van der Waals surface area contributed by atoms with Crippen molar-refractivity contribution in [3.05, 3.63) is 0 Å². The first kappa shape index (κ1) is 10.8. The third-order valence-electron chi connectivity index (χ3n) is 3.54. The van der Waals surface area contributed by atoms with Crippen molar-refractivity contribution in [3.63, 3.8) is 0 Å². The van der Waals surface area contributed by atoms with E-state index >= 15 is 0 Å². The van der Waals surface area contributed by atoms with Gasteiger partial charge in [-0.05, 0) is 37.0 Å². The summed E-state index contributed by atoms with van der Waals surface area (Å²) in [7, 11) is 0. The van der Waals surface area contributed by atoms with Crippen LogP contribution in [0.15, 0.2) is 0 Å². The zero-order valence-corrected chi connectivity index (χ0v) is 8.30. The maximum atomic E-state index is 10.6. The average Bonchev–Trinajstić information content (AvgIpc) is 2.62. The lowest BCUT2D eigenvalue weighted by Gasteiger charge is -2.24. The zero-order valence-electron chi connectivity index (χ0n) is 7.48. The zero-order chi connectivity index (χ0) is 8.72. The Morgan fingerprint density at radius 2 is 2.08 bits per heavy atom. The van der Waals surface area contributed by atoms with E-state index in [-0.39, 0.29) is 18.3 Å². The highest BCUT2D eigenvalue weighted by Crippen LogP contribution is 2.49. The highest BCUT2D eigenvalue weighted by molar-refractivity contribution is 5.85. The fourth-order valence-electron chi connectivity index (χ4n) is 2.92. The number of carboxylic acid groups (broad SMARTS) is 1. The second-order valence-electron chi connectivity index (χ2n) is 4.20. The van der Waals surface area contributed by atoms with Crippen LogP contribution in [0.3, 0.4) is 0 Å². The summed E-state index contributed by atoms with van der Waals surface area (Å²) in [6.07, 6.45) is 4.79. The van der Waals surface area contributed by atoms with Gasteiger partial charge in [-0.15, -0.1) is 12.4 Å². The Morgan fingerprint density at radius 3 is 2.46 bits per heavy atom. The highest BCUT2D eigenvalue weighted by Gasteiger charge is 2.43. The minimum Gasteiger partial charge on any atom is -0.480 e. The molecule has 0 amide bonds. The van der Waals surface area contributed by atoms with Gasteiger partial charge >= 0.3 is 5.97 Å². The molecule has 0 radical (unpaired) electrons. The van der Waals surface area contributed by atoms with E-state index in [1.165, 1.54) is 19.3 Å². The number of rotatable bonds is 2. The van der Waals surface area contributed by atoms with Gasteiger partial charge in [0.25, 0.3) is 0 Å². The van der Waals surface area contributed by atoms with Crippen LogP contribution in [0, 0.1) is 17.8 Å². The van der Waals surface area contributed by atoms with E-state index in [9.17, 15) is 4.79 Å². The van der Waals surface area contributed by atoms with Crippen molar-refractivity contribution < 1.29 is 9.90 Å². The van der Waals surface area contributed by atoms with Gasteiger partial charge in [-0.3, -0.25) is 4.79 Å². The fourth-order valence-corrected chi connectivity index (χ4v) is 2.92. The second-order valence-corrected chi connectivity index (χ2v) is 4.20. The highest BCUT2D eigenvalue weighted by atomic mass is 35.5. The molecule has 3 N–H and O–H groups in total. The first-order chi connectivity index (χ1) is 5.68. The van der Waals surface area contributed by atoms with Crippen molar-refractivity contribution in [1.82, 2.24) is 0 Å². The van der Waals surface area contributed by atoms with Crippen LogP contribution in [0.25, 0.3) is 0 Å². The summed E-state index contributed by atoms with van der Waals surface area (Å²) in [5, 5.41) is 8.75. The summed E-state index contributed by atoms with van der Waals surface area (Å²) in [5.74, 6) is 0.834. The van der Waals surface area contributed by atoms with E-state index in [2.05, 4.69) is 0 Å². The van der Waals surface area contributed by atoms with Gasteiger partial charge in [0.2, 0.25) is 0 Å². The van der Waals surface area contributed by atoms with Crippen LogP contribution in [-0.2, 0) is 4.79 Å². The summed E-state index contributed by atoms with van der Waals surface area (Å²) in [6, 6.07) is -0.611. The molecule has 3 nitrogen and oxygen atoms in total. The molecule has 0 aromatic rings. The molecule has 0 heterocycles. The molecule has 4 atom stereocenters. The fraction of sp³-hybridized carbons (Fsp3) is 0.889. The van der Waals surface area contributed by atoms with Crippen molar-refractivity contribution >= 4 is 18.4 Å². The van der Waals surface area contributed by atoms with Crippen LogP contribution >= 0.6 is 12.4 Å². The van der Waals surface area contributed by atoms with Crippen molar-refractivity contribution in [2.45, 2.75) is 31.7 Å². The van der Waals surface area contributed by atoms with E-state index in [4.69, 9.17) is 10.8 Å². The summed E-state index contributed by atoms with van der Waals surface area (Å²) < 4.78 is 0. The number of hydrogen-bond acceptors (Lipinski definition) is 2. The first-order valence-corrected chi connectivity index (χ1v) is 4.67. The molecule has 0 spiro atoms. The predicted molar refractivity (Wildman–Crippen MR) is 51.8 cm³/mol. The Kier molecular flexibility index (Phi) is 3.19. The summed E-state index contributed by atoms with van der Waals surface area (Å²) in [4.78, 5) is 10.6. The van der Waals surface area contributed by atoms with Crippen LogP contribution in [0.2, 0.25) is 0 Å². The SMILES string of the molecule is Cl.NC(C(=O)O)C1CC2CCC1C2. The molecule has 0 saturated heterocycles. The number of halogens is 1. The van der Waals surface area contributed by atoms with E-state index < -0.39 is 12.0 Å². The maximum Gasteiger partial charge on any atom is 0.320 e. The Bertz CT molecular complexity index is 210. The molecule has 0 aromatic carbocycles. The van der Waals surface area contributed by atoms with E-state index in [1.807, 2.05) is 0 Å². The van der Waals surface area contributed by atoms with Gasteiger partial charge in [-0.1, -0.05) is 6.42 Å². The number of carboxylic acids is 1. The maximum absolute atomic E-state index is 10.6. The Morgan fingerprint density at radius 1 is 1.38 bits per heavy atom. The third-order valence-corrected chi connectivity index (χ3v) is 3.54. The monoisotopic (exact) mass is 205 g/mol. The number of fused-ring (bicyclic) bond motifs is 2. The third kappa shape index (κ3) is 1.81. The molecule has 2 aliphatic carbocycles. The number of carbonyl (C=O) groups is 1. The molecule has 2 saturated carbocycles. The lowest BCUT2D eigenvalue weighted by molar-refractivity contribution is -0.140. The topological polar surface area (TPSA) is 63.3 Å². The molecule has 13 heavy (non-hydrogen) atoms. The molecule has 2 fully saturated rings. The van der Waals surface area contributed by atoms with Gasteiger partial charge in [-0.2, -0.15) is 0 Å². The molecule has 0 aromatic heterocycles. The number of nitrogens with two attached hydrogens (primary N) is 1. The Hall–Kier alpha value is -0.280. The van der Waals surface area contributed by atoms with Crippen LogP contribution in [0.5, 0.6) is 0 Å². The molecule has 2 bridgehead atoms. The lowest BCUT2D eigenvalue weighted by atomic mass is 9.84. The van der Waals surface area contributed by atoms with Gasteiger partial charge < -0.3 is 10.8 Å². The van der Waals surface area contributed by atoms with Gasteiger partial charge in [-0.25, -0.2) is 0 Å². The molecule has 0 aliphatic heterocycles. The van der Waals surface area contributed by atoms with Crippen LogP contribution in [0.1, 0.15) is 25.7 Å². The van der Waals surface area contributed by atoms with E-state index in [0.29, 0.717) is 5.92 Å². The first-order valence-electron chi connectivity index (χ1n) is 4.67. The van der Waals surface area contributed by atoms with Gasteiger partial charge in [0.1, 0.15) is 6.04 Å². The summed E-state index contributed by atoms with van der Waals surface area (Å²) >= 11 is 0. The molecular formula is C9H16ClNO2. The molecule has 2 aliphatic rings. The molecular weight excluding hydrogens is 190 g/mol. The normalized spacial score (nSPS) is 38.4. The van der Waals surface area contributed by atoms with E-state index in [0.717, 1.165) is 12.3 Å². The average molecular weight is 206 g/mol. The van der Waals surface area contributed by atoms with E-state index in [1.54, 1.807) is 0 Å². The van der Waals surface area contributed by atoms with Crippen LogP contribution in [-0.4, -0.2) is 17.1 Å². The second kappa shape index (κ2) is 3.84. The van der Waals surface area contributed by atoms with Gasteiger partial charge in [0.05, 0.1) is 0 Å². The predicted octanol–water partition coefficient (Wildman–Crippen LogP) is 1.26. The van der Waals surface area contributed by atoms with Crippen molar-refractivity contribution in [1.29, 1.82) is 0 Å². The number of hydrogen-bond donors (Lipinski definition) is 2. The Balaban J connectivity index is 0.000000845. The van der Waals surface area contributed by atoms with Crippen LogP contribution in [0.4, 0.5) is 0 Å². The largest absolute Gasteiger partial charge is 0.480 e. The number of aliphatic carboxylic acids is 1. The smallest absolute Gasteiger partial charge is 0.320 e. The van der Waals surface area contributed by atoms with Crippen molar-refractivity contribution in [3.8, 4) is 0 Å². The van der Waals surface area contributed by atoms with Crippen molar-refractivity contribution in [2.24, 2.45) is 23.5 Å². The quantitative estimate of drug-likeness (QED) is 0.714. The Labute approximate surface area is 84.1 Å². The standard InChI is InChI=1S/C9H15NO2.ClH/c10-8(9(11)12)7-4-5-1-2-6(7)3-5;/h5-8H,1-4,10H2,(H,11,12);1H. The van der Waals surface area contributed by atoms with Gasteiger partial charge in [0.15, 0.2) is 0 Å². The molecule has 2 rings (SSSR count). The summed E-state index contributed by atoms with van der Waals surface area (Å²) in [5.41, 5.74) is 5.61. The lowest BCUT2D eigenvalue weighted by Crippen LogP contribution is -2.40. The molecule has 4 heteroatoms. The van der Waals surface area contributed by atoms with Gasteiger partial charge in [0, 0.05) is 0 Å². The molecule has 4 unspecified atom stereocenters. The van der Waals surface area contributed by atoms with Crippen molar-refractivity contribution in [2.75, 3.05) is 0 Å².